The lowest BCUT2D eigenvalue weighted by Crippen LogP contribution is -2.59. The van der Waals surface area contributed by atoms with Gasteiger partial charge in [-0.15, -0.1) is 0 Å². The summed E-state index contributed by atoms with van der Waals surface area (Å²) in [6.07, 6.45) is 0. The Morgan fingerprint density at radius 3 is 2.55 bits per heavy atom. The average Bonchev–Trinajstić information content (AvgIpc) is 3.19. The number of amides is 4. The number of carbonyl (C=O) groups excluding carboxylic acids is 3. The molecule has 0 spiro atoms. The van der Waals surface area contributed by atoms with Gasteiger partial charge in [-0.25, -0.2) is 13.6 Å². The van der Waals surface area contributed by atoms with Crippen molar-refractivity contribution in [1.82, 2.24) is 15.5 Å². The number of fused-ring (bicyclic) bond motifs is 1. The van der Waals surface area contributed by atoms with Crippen LogP contribution >= 0.6 is 0 Å². The van der Waals surface area contributed by atoms with Gasteiger partial charge in [-0.05, 0) is 36.2 Å². The molecule has 0 bridgehead atoms. The number of carbonyl (C=O) groups is 3. The summed E-state index contributed by atoms with van der Waals surface area (Å²) >= 11 is 0. The Kier molecular flexibility index (Phi) is 5.00. The summed E-state index contributed by atoms with van der Waals surface area (Å²) in [7, 11) is 1.49. The largest absolute Gasteiger partial charge is 0.497 e. The number of nitrogens with one attached hydrogen (secondary N) is 2. The van der Waals surface area contributed by atoms with Crippen molar-refractivity contribution in [1.29, 1.82) is 0 Å². The van der Waals surface area contributed by atoms with E-state index in [1.165, 1.54) is 18.9 Å². The van der Waals surface area contributed by atoms with Crippen molar-refractivity contribution in [3.63, 3.8) is 0 Å². The lowest BCUT2D eigenvalue weighted by Gasteiger charge is -2.30. The van der Waals surface area contributed by atoms with Gasteiger partial charge in [0.25, 0.3) is 11.8 Å². The van der Waals surface area contributed by atoms with Gasteiger partial charge in [0.15, 0.2) is 17.2 Å². The third-order valence-electron chi connectivity index (χ3n) is 5.36. The van der Waals surface area contributed by atoms with Crippen molar-refractivity contribution >= 4 is 17.8 Å². The van der Waals surface area contributed by atoms with E-state index in [0.29, 0.717) is 16.9 Å². The Morgan fingerprint density at radius 1 is 1.13 bits per heavy atom. The highest BCUT2D eigenvalue weighted by atomic mass is 19.2. The molecule has 2 aromatic carbocycles. The van der Waals surface area contributed by atoms with Crippen LogP contribution < -0.4 is 20.1 Å². The fourth-order valence-corrected chi connectivity index (χ4v) is 3.69. The van der Waals surface area contributed by atoms with E-state index >= 15 is 0 Å². The average molecular weight is 431 g/mol. The predicted octanol–water partition coefficient (Wildman–Crippen LogP) is 1.89. The van der Waals surface area contributed by atoms with E-state index < -0.39 is 29.1 Å². The first kappa shape index (κ1) is 20.6. The van der Waals surface area contributed by atoms with Crippen LogP contribution in [0.15, 0.2) is 30.3 Å². The quantitative estimate of drug-likeness (QED) is 0.681. The van der Waals surface area contributed by atoms with Crippen LogP contribution in [0.2, 0.25) is 0 Å². The molecule has 31 heavy (non-hydrogen) atoms. The van der Waals surface area contributed by atoms with Gasteiger partial charge in [-0.2, -0.15) is 0 Å². The highest BCUT2D eigenvalue weighted by Crippen LogP contribution is 2.29. The molecular formula is C21H19F2N3O5. The van der Waals surface area contributed by atoms with Gasteiger partial charge in [-0.3, -0.25) is 14.9 Å². The number of ether oxygens (including phenoxy) is 2. The van der Waals surface area contributed by atoms with E-state index in [0.717, 1.165) is 17.7 Å². The molecule has 4 rings (SSSR count). The zero-order valence-corrected chi connectivity index (χ0v) is 16.8. The number of methoxy groups -OCH3 is 1. The maximum Gasteiger partial charge on any atom is 0.322 e. The molecule has 0 unspecified atom stereocenters. The van der Waals surface area contributed by atoms with E-state index in [4.69, 9.17) is 9.47 Å². The van der Waals surface area contributed by atoms with E-state index in [2.05, 4.69) is 10.6 Å². The molecule has 2 aromatic rings. The zero-order chi connectivity index (χ0) is 22.3. The molecule has 0 aliphatic carbocycles. The minimum absolute atomic E-state index is 0.0213. The maximum atomic E-state index is 13.6. The van der Waals surface area contributed by atoms with Crippen molar-refractivity contribution in [2.45, 2.75) is 19.0 Å². The van der Waals surface area contributed by atoms with Crippen LogP contribution in [0.1, 0.15) is 21.5 Å². The highest BCUT2D eigenvalue weighted by molar-refractivity contribution is 6.08. The summed E-state index contributed by atoms with van der Waals surface area (Å²) in [6, 6.07) is 6.20. The van der Waals surface area contributed by atoms with Gasteiger partial charge in [0.1, 0.15) is 18.1 Å². The molecule has 0 aromatic heterocycles. The number of hydrogen-bond acceptors (Lipinski definition) is 5. The summed E-state index contributed by atoms with van der Waals surface area (Å²) in [4.78, 5) is 38.8. The predicted molar refractivity (Wildman–Crippen MR) is 104 cm³/mol. The molecule has 0 radical (unpaired) electrons. The first-order valence-electron chi connectivity index (χ1n) is 9.40. The second-order valence-electron chi connectivity index (χ2n) is 7.50. The van der Waals surface area contributed by atoms with Gasteiger partial charge < -0.3 is 19.7 Å². The summed E-state index contributed by atoms with van der Waals surface area (Å²) < 4.78 is 37.8. The van der Waals surface area contributed by atoms with Gasteiger partial charge in [0.2, 0.25) is 0 Å². The number of nitrogens with zero attached hydrogens (tertiary/aromatic N) is 1. The first-order valence-corrected chi connectivity index (χ1v) is 9.40. The monoisotopic (exact) mass is 431 g/mol. The van der Waals surface area contributed by atoms with Crippen molar-refractivity contribution in [2.75, 3.05) is 20.3 Å². The van der Waals surface area contributed by atoms with Crippen LogP contribution in [0.5, 0.6) is 11.5 Å². The molecule has 1 atom stereocenters. The van der Waals surface area contributed by atoms with Crippen molar-refractivity contribution in [3.05, 3.63) is 58.7 Å². The minimum atomic E-state index is -1.60. The van der Waals surface area contributed by atoms with Gasteiger partial charge in [-0.1, -0.05) is 6.07 Å². The molecule has 2 aliphatic heterocycles. The summed E-state index contributed by atoms with van der Waals surface area (Å²) in [5, 5.41) is 4.66. The number of hydrogen-bond donors (Lipinski definition) is 2. The molecule has 1 saturated heterocycles. The fraction of sp³-hybridized carbons (Fsp3) is 0.286. The number of halogens is 2. The normalized spacial score (nSPS) is 19.9. The maximum absolute atomic E-state index is 13.6. The lowest BCUT2D eigenvalue weighted by atomic mass is 10.00. The summed E-state index contributed by atoms with van der Waals surface area (Å²) in [5.74, 6) is -2.60. The second-order valence-corrected chi connectivity index (χ2v) is 7.50. The third-order valence-corrected chi connectivity index (χ3v) is 5.36. The molecule has 2 aliphatic rings. The van der Waals surface area contributed by atoms with Crippen LogP contribution in [0.4, 0.5) is 13.6 Å². The van der Waals surface area contributed by atoms with Crippen LogP contribution in [-0.4, -0.2) is 48.5 Å². The smallest absolute Gasteiger partial charge is 0.322 e. The molecule has 10 heteroatoms. The van der Waals surface area contributed by atoms with E-state index in [9.17, 15) is 23.2 Å². The molecule has 162 valence electrons. The summed E-state index contributed by atoms with van der Waals surface area (Å²) in [6.45, 7) is 1.18. The molecule has 8 nitrogen and oxygen atoms in total. The van der Waals surface area contributed by atoms with Gasteiger partial charge in [0.05, 0.1) is 13.7 Å². The first-order chi connectivity index (χ1) is 14.7. The van der Waals surface area contributed by atoms with E-state index in [1.54, 1.807) is 18.2 Å². The van der Waals surface area contributed by atoms with Gasteiger partial charge in [0, 0.05) is 18.2 Å². The van der Waals surface area contributed by atoms with Crippen molar-refractivity contribution in [3.8, 4) is 11.5 Å². The van der Waals surface area contributed by atoms with E-state index in [1.807, 2.05) is 0 Å². The number of imide groups is 1. The SMILES string of the molecule is COc1ccc2c(c1)C(=O)N(C[C@@]1(COc3cc(F)c(F)cc3C)NC(=O)NC1=O)C2. The number of aryl methyl sites for hydroxylation is 1. The van der Waals surface area contributed by atoms with Gasteiger partial charge >= 0.3 is 6.03 Å². The molecule has 0 saturated carbocycles. The molecule has 2 heterocycles. The molecule has 1 fully saturated rings. The standard InChI is InChI=1S/C21H19F2N3O5/c1-11-5-15(22)16(23)7-17(11)31-10-21(19(28)24-20(29)25-21)9-26-8-12-3-4-13(30-2)6-14(12)18(26)27/h3-7H,8-10H2,1-2H3,(H2,24,25,28,29)/t21-/m0/s1. The Bertz CT molecular complexity index is 1110. The minimum Gasteiger partial charge on any atom is -0.497 e. The summed E-state index contributed by atoms with van der Waals surface area (Å²) in [5.41, 5.74) is -0.0916. The molecule has 2 N–H and O–H groups in total. The number of rotatable bonds is 6. The number of urea groups is 1. The van der Waals surface area contributed by atoms with Crippen LogP contribution in [0.3, 0.4) is 0 Å². The molecule has 4 amide bonds. The lowest BCUT2D eigenvalue weighted by molar-refractivity contribution is -0.125. The van der Waals surface area contributed by atoms with Crippen LogP contribution in [-0.2, 0) is 11.3 Å². The van der Waals surface area contributed by atoms with Crippen molar-refractivity contribution in [2.24, 2.45) is 0 Å². The third kappa shape index (κ3) is 3.65. The van der Waals surface area contributed by atoms with Crippen LogP contribution in [0, 0.1) is 18.6 Å². The van der Waals surface area contributed by atoms with Crippen LogP contribution in [0.25, 0.3) is 0 Å². The fourth-order valence-electron chi connectivity index (χ4n) is 3.69. The second kappa shape index (κ2) is 7.53. The zero-order valence-electron chi connectivity index (χ0n) is 16.8. The Hall–Kier alpha value is -3.69. The Balaban J connectivity index is 1.58. The Morgan fingerprint density at radius 2 is 1.87 bits per heavy atom. The van der Waals surface area contributed by atoms with E-state index in [-0.39, 0.29) is 31.4 Å². The topological polar surface area (TPSA) is 97.0 Å². The Labute approximate surface area is 176 Å². The highest BCUT2D eigenvalue weighted by Gasteiger charge is 2.50. The molecular weight excluding hydrogens is 412 g/mol. The van der Waals surface area contributed by atoms with Crippen molar-refractivity contribution < 1.29 is 32.6 Å². The number of benzene rings is 2.